The van der Waals surface area contributed by atoms with Crippen LogP contribution in [0.25, 0.3) is 0 Å². The number of nitrogens with zero attached hydrogens (tertiary/aromatic N) is 2. The number of rotatable bonds is 2. The maximum Gasteiger partial charge on any atom is 0.248 e. The summed E-state index contributed by atoms with van der Waals surface area (Å²) in [5, 5.41) is 0. The zero-order valence-electron chi connectivity index (χ0n) is 17.9. The van der Waals surface area contributed by atoms with Crippen molar-refractivity contribution < 1.29 is 4.79 Å². The first-order valence-corrected chi connectivity index (χ1v) is 9.33. The minimum Gasteiger partial charge on any atom is -0.313 e. The Morgan fingerprint density at radius 1 is 1.19 bits per heavy atom. The van der Waals surface area contributed by atoms with Crippen LogP contribution in [0.3, 0.4) is 0 Å². The number of hydrogen-bond acceptors (Lipinski definition) is 2. The predicted molar refractivity (Wildman–Crippen MR) is 120 cm³/mol. The molecular weight excluding hydrogens is 332 g/mol. The van der Waals surface area contributed by atoms with Gasteiger partial charge in [0.1, 0.15) is 6.54 Å². The lowest BCUT2D eigenvalue weighted by molar-refractivity contribution is -0.126. The zero-order chi connectivity index (χ0) is 21.2. The SMILES string of the molecule is C#CC.C=C1C(c2ccccc2)=NCC(=O)N(C)/C1=C/C=C\C.CC.CC. The van der Waals surface area contributed by atoms with Crippen LogP contribution >= 0.6 is 0 Å². The van der Waals surface area contributed by atoms with Gasteiger partial charge >= 0.3 is 0 Å². The molecule has 0 saturated heterocycles. The molecule has 0 atom stereocenters. The van der Waals surface area contributed by atoms with Gasteiger partial charge in [-0.2, -0.15) is 0 Å². The highest BCUT2D eigenvalue weighted by Crippen LogP contribution is 2.22. The van der Waals surface area contributed by atoms with Crippen molar-refractivity contribution in [2.45, 2.75) is 41.5 Å². The van der Waals surface area contributed by atoms with Crippen LogP contribution in [0.2, 0.25) is 0 Å². The Hall–Kier alpha value is -2.86. The highest BCUT2D eigenvalue weighted by atomic mass is 16.2. The molecule has 0 spiro atoms. The molecule has 0 bridgehead atoms. The first-order chi connectivity index (χ1) is 13.1. The molecule has 1 heterocycles. The number of aliphatic imine (C=N–C) groups is 1. The van der Waals surface area contributed by atoms with Crippen molar-refractivity contribution in [2.75, 3.05) is 13.6 Å². The monoisotopic (exact) mass is 366 g/mol. The zero-order valence-corrected chi connectivity index (χ0v) is 17.9. The van der Waals surface area contributed by atoms with Gasteiger partial charge in [0, 0.05) is 18.2 Å². The Morgan fingerprint density at radius 3 is 2.19 bits per heavy atom. The highest BCUT2D eigenvalue weighted by molar-refractivity contribution is 6.16. The van der Waals surface area contributed by atoms with E-state index in [1.165, 1.54) is 0 Å². The molecule has 1 aromatic rings. The molecule has 1 aliphatic rings. The fourth-order valence-electron chi connectivity index (χ4n) is 2.07. The van der Waals surface area contributed by atoms with E-state index in [-0.39, 0.29) is 12.5 Å². The number of likely N-dealkylation sites (N-methyl/N-ethyl adjacent to an activating group) is 1. The number of amides is 1. The molecule has 0 aliphatic carbocycles. The highest BCUT2D eigenvalue weighted by Gasteiger charge is 2.23. The molecular formula is C24H34N2O. The average Bonchev–Trinajstić information content (AvgIpc) is 2.82. The average molecular weight is 367 g/mol. The van der Waals surface area contributed by atoms with E-state index in [4.69, 9.17) is 0 Å². The van der Waals surface area contributed by atoms with Crippen LogP contribution < -0.4 is 0 Å². The van der Waals surface area contributed by atoms with Gasteiger partial charge < -0.3 is 4.90 Å². The number of allylic oxidation sites excluding steroid dienone is 4. The van der Waals surface area contributed by atoms with E-state index in [2.05, 4.69) is 23.9 Å². The van der Waals surface area contributed by atoms with Crippen LogP contribution in [0.4, 0.5) is 0 Å². The molecule has 0 aromatic heterocycles. The topological polar surface area (TPSA) is 32.7 Å². The fourth-order valence-corrected chi connectivity index (χ4v) is 2.07. The number of carbonyl (C=O) groups is 1. The molecule has 146 valence electrons. The van der Waals surface area contributed by atoms with E-state index < -0.39 is 0 Å². The van der Waals surface area contributed by atoms with Crippen LogP contribution in [0, 0.1) is 12.3 Å². The van der Waals surface area contributed by atoms with E-state index in [0.29, 0.717) is 0 Å². The van der Waals surface area contributed by atoms with Crippen molar-refractivity contribution in [3.05, 3.63) is 72.0 Å². The Morgan fingerprint density at radius 2 is 1.70 bits per heavy atom. The molecule has 0 fully saturated rings. The third-order valence-electron chi connectivity index (χ3n) is 3.20. The van der Waals surface area contributed by atoms with Gasteiger partial charge in [-0.15, -0.1) is 12.3 Å². The quantitative estimate of drug-likeness (QED) is 0.622. The Bertz CT molecular complexity index is 689. The largest absolute Gasteiger partial charge is 0.313 e. The van der Waals surface area contributed by atoms with Gasteiger partial charge in [-0.1, -0.05) is 76.8 Å². The summed E-state index contributed by atoms with van der Waals surface area (Å²) in [7, 11) is 1.76. The lowest BCUT2D eigenvalue weighted by Crippen LogP contribution is -2.27. The molecule has 0 saturated carbocycles. The number of carbonyl (C=O) groups excluding carboxylic acids is 1. The summed E-state index contributed by atoms with van der Waals surface area (Å²) < 4.78 is 0. The third kappa shape index (κ3) is 8.87. The predicted octanol–water partition coefficient (Wildman–Crippen LogP) is 5.66. The number of benzene rings is 1. The van der Waals surface area contributed by atoms with Gasteiger partial charge in [0.25, 0.3) is 0 Å². The molecule has 2 rings (SSSR count). The summed E-state index contributed by atoms with van der Waals surface area (Å²) in [6.45, 7) is 15.9. The molecule has 1 aliphatic heterocycles. The van der Waals surface area contributed by atoms with Crippen LogP contribution in [-0.2, 0) is 4.79 Å². The van der Waals surface area contributed by atoms with Gasteiger partial charge in [0.2, 0.25) is 5.91 Å². The van der Waals surface area contributed by atoms with Crippen molar-refractivity contribution >= 4 is 11.6 Å². The Labute approximate surface area is 166 Å². The summed E-state index contributed by atoms with van der Waals surface area (Å²) in [5.41, 5.74) is 3.31. The second-order valence-corrected chi connectivity index (χ2v) is 4.83. The van der Waals surface area contributed by atoms with Crippen molar-refractivity contribution in [3.8, 4) is 12.3 Å². The second kappa shape index (κ2) is 16.6. The first kappa shape index (κ1) is 26.4. The van der Waals surface area contributed by atoms with Crippen molar-refractivity contribution in [3.63, 3.8) is 0 Å². The third-order valence-corrected chi connectivity index (χ3v) is 3.20. The molecule has 1 aromatic carbocycles. The molecule has 0 unspecified atom stereocenters. The fraction of sp³-hybridized carbons (Fsp3) is 0.333. The van der Waals surface area contributed by atoms with Crippen LogP contribution in [0.5, 0.6) is 0 Å². The van der Waals surface area contributed by atoms with Gasteiger partial charge in [-0.3, -0.25) is 9.79 Å². The maximum absolute atomic E-state index is 12.0. The molecule has 3 heteroatoms. The van der Waals surface area contributed by atoms with Crippen LogP contribution in [0.15, 0.2) is 71.4 Å². The van der Waals surface area contributed by atoms with E-state index in [1.807, 2.05) is 83.2 Å². The van der Waals surface area contributed by atoms with Crippen molar-refractivity contribution in [2.24, 2.45) is 4.99 Å². The van der Waals surface area contributed by atoms with Crippen LogP contribution in [-0.4, -0.2) is 30.1 Å². The van der Waals surface area contributed by atoms with E-state index in [1.54, 1.807) is 18.9 Å². The normalized spacial score (nSPS) is 14.5. The molecule has 3 nitrogen and oxygen atoms in total. The van der Waals surface area contributed by atoms with E-state index in [9.17, 15) is 4.79 Å². The van der Waals surface area contributed by atoms with Gasteiger partial charge in [-0.05, 0) is 19.9 Å². The van der Waals surface area contributed by atoms with E-state index >= 15 is 0 Å². The Kier molecular flexibility index (Phi) is 16.2. The van der Waals surface area contributed by atoms with Crippen molar-refractivity contribution in [1.82, 2.24) is 4.90 Å². The lowest BCUT2D eigenvalue weighted by Gasteiger charge is -2.19. The Balaban J connectivity index is 0. The lowest BCUT2D eigenvalue weighted by atomic mass is 10.0. The summed E-state index contributed by atoms with van der Waals surface area (Å²) in [5.74, 6) is 2.22. The summed E-state index contributed by atoms with van der Waals surface area (Å²) in [6.07, 6.45) is 10.3. The second-order valence-electron chi connectivity index (χ2n) is 4.83. The minimum absolute atomic E-state index is 0.0344. The first-order valence-electron chi connectivity index (χ1n) is 9.33. The van der Waals surface area contributed by atoms with Crippen LogP contribution in [0.1, 0.15) is 47.1 Å². The van der Waals surface area contributed by atoms with Gasteiger partial charge in [-0.25, -0.2) is 0 Å². The number of hydrogen-bond donors (Lipinski definition) is 0. The molecule has 27 heavy (non-hydrogen) atoms. The van der Waals surface area contributed by atoms with Gasteiger partial charge in [0.15, 0.2) is 0 Å². The maximum atomic E-state index is 12.0. The molecule has 1 amide bonds. The smallest absolute Gasteiger partial charge is 0.248 e. The standard InChI is InChI=1S/C17H18N2O.C3H4.2C2H6/c1-4-5-11-15-13(2)17(14-9-7-6-8-10-14)18-12-16(20)19(15)3;1-3-2;2*1-2/h4-11H,2,12H2,1,3H3;1H,2H3;2*1-2H3/b5-4-,15-11+;;;. The summed E-state index contributed by atoms with van der Waals surface area (Å²) in [4.78, 5) is 18.1. The van der Waals surface area contributed by atoms with Gasteiger partial charge in [0.05, 0.1) is 11.4 Å². The van der Waals surface area contributed by atoms with E-state index in [0.717, 1.165) is 22.5 Å². The van der Waals surface area contributed by atoms with Crippen molar-refractivity contribution in [1.29, 1.82) is 0 Å². The molecule has 0 radical (unpaired) electrons. The minimum atomic E-state index is -0.0344. The summed E-state index contributed by atoms with van der Waals surface area (Å²) >= 11 is 0. The number of terminal acetylenes is 1. The summed E-state index contributed by atoms with van der Waals surface area (Å²) in [6, 6.07) is 9.82. The molecule has 0 N–H and O–H groups in total.